The fourth-order valence-electron chi connectivity index (χ4n) is 1.05. The molecule has 0 saturated carbocycles. The van der Waals surface area contributed by atoms with Crippen LogP contribution in [-0.2, 0) is 0 Å². The highest BCUT2D eigenvalue weighted by molar-refractivity contribution is 7.99. The monoisotopic (exact) mass is 212 g/mol. The van der Waals surface area contributed by atoms with Gasteiger partial charge >= 0.3 is 0 Å². The van der Waals surface area contributed by atoms with Gasteiger partial charge in [0.25, 0.3) is 0 Å². The summed E-state index contributed by atoms with van der Waals surface area (Å²) in [7, 11) is 0. The average Bonchev–Trinajstić information content (AvgIpc) is 2.16. The van der Waals surface area contributed by atoms with E-state index in [1.165, 1.54) is 0 Å². The molecule has 0 aromatic heterocycles. The van der Waals surface area contributed by atoms with E-state index in [0.717, 1.165) is 16.4 Å². The summed E-state index contributed by atoms with van der Waals surface area (Å²) in [4.78, 5) is 1.16. The second-order valence-corrected chi connectivity index (χ2v) is 4.38. The Bertz CT molecular complexity index is 256. The zero-order valence-corrected chi connectivity index (χ0v) is 9.38. The zero-order chi connectivity index (χ0) is 10.4. The summed E-state index contributed by atoms with van der Waals surface area (Å²) in [5.74, 6) is 1.64. The van der Waals surface area contributed by atoms with Crippen molar-refractivity contribution >= 4 is 11.8 Å². The van der Waals surface area contributed by atoms with Crippen molar-refractivity contribution in [1.29, 1.82) is 0 Å². The van der Waals surface area contributed by atoms with Crippen LogP contribution in [0.5, 0.6) is 5.75 Å². The molecule has 0 aliphatic carbocycles. The Morgan fingerprint density at radius 3 is 2.43 bits per heavy atom. The fraction of sp³-hybridized carbons (Fsp3) is 0.455. The maximum absolute atomic E-state index is 8.66. The van der Waals surface area contributed by atoms with E-state index in [1.54, 1.807) is 11.8 Å². The van der Waals surface area contributed by atoms with Crippen molar-refractivity contribution in [2.75, 3.05) is 12.4 Å². The lowest BCUT2D eigenvalue weighted by molar-refractivity contribution is 0.242. The van der Waals surface area contributed by atoms with Crippen molar-refractivity contribution in [3.63, 3.8) is 0 Å². The van der Waals surface area contributed by atoms with Crippen molar-refractivity contribution in [3.05, 3.63) is 24.3 Å². The van der Waals surface area contributed by atoms with Gasteiger partial charge in [-0.05, 0) is 38.1 Å². The Hall–Kier alpha value is -0.670. The minimum Gasteiger partial charge on any atom is -0.491 e. The van der Waals surface area contributed by atoms with Gasteiger partial charge in [0.2, 0.25) is 0 Å². The van der Waals surface area contributed by atoms with Crippen molar-refractivity contribution in [2.45, 2.75) is 24.8 Å². The highest BCUT2D eigenvalue weighted by Crippen LogP contribution is 2.21. The largest absolute Gasteiger partial charge is 0.491 e. The third-order valence-electron chi connectivity index (χ3n) is 1.56. The van der Waals surface area contributed by atoms with E-state index in [0.29, 0.717) is 0 Å². The average molecular weight is 212 g/mol. The molecular weight excluding hydrogens is 196 g/mol. The van der Waals surface area contributed by atoms with Crippen molar-refractivity contribution < 1.29 is 9.84 Å². The molecule has 0 atom stereocenters. The van der Waals surface area contributed by atoms with Gasteiger partial charge in [-0.1, -0.05) is 0 Å². The van der Waals surface area contributed by atoms with Gasteiger partial charge in [-0.25, -0.2) is 0 Å². The number of hydrogen-bond donors (Lipinski definition) is 1. The predicted molar refractivity (Wildman–Crippen MR) is 60.0 cm³/mol. The minimum absolute atomic E-state index is 0.214. The van der Waals surface area contributed by atoms with Gasteiger partial charge in [0.05, 0.1) is 12.7 Å². The smallest absolute Gasteiger partial charge is 0.119 e. The van der Waals surface area contributed by atoms with Gasteiger partial charge < -0.3 is 9.84 Å². The molecule has 0 spiro atoms. The third-order valence-corrected chi connectivity index (χ3v) is 2.55. The maximum Gasteiger partial charge on any atom is 0.119 e. The molecular formula is C11H16O2S. The molecule has 1 aromatic carbocycles. The molecule has 1 aromatic rings. The van der Waals surface area contributed by atoms with Crippen LogP contribution >= 0.6 is 11.8 Å². The summed E-state index contributed by atoms with van der Waals surface area (Å²) in [6, 6.07) is 7.94. The van der Waals surface area contributed by atoms with Crippen LogP contribution < -0.4 is 4.74 Å². The van der Waals surface area contributed by atoms with Gasteiger partial charge in [-0.2, -0.15) is 0 Å². The molecule has 14 heavy (non-hydrogen) atoms. The standard InChI is InChI=1S/C11H16O2S/c1-9(2)13-10-3-5-11(6-4-10)14-8-7-12/h3-6,9,12H,7-8H2,1-2H3. The van der Waals surface area contributed by atoms with Crippen LogP contribution in [-0.4, -0.2) is 23.6 Å². The molecule has 3 heteroatoms. The number of hydrogen-bond acceptors (Lipinski definition) is 3. The summed E-state index contributed by atoms with van der Waals surface area (Å²) < 4.78 is 5.51. The number of rotatable bonds is 5. The molecule has 0 bridgehead atoms. The maximum atomic E-state index is 8.66. The Balaban J connectivity index is 2.50. The van der Waals surface area contributed by atoms with Crippen LogP contribution in [0.1, 0.15) is 13.8 Å². The first-order valence-corrected chi connectivity index (χ1v) is 5.71. The van der Waals surface area contributed by atoms with Crippen LogP contribution in [0.2, 0.25) is 0 Å². The van der Waals surface area contributed by atoms with E-state index in [-0.39, 0.29) is 12.7 Å². The van der Waals surface area contributed by atoms with E-state index < -0.39 is 0 Å². The van der Waals surface area contributed by atoms with E-state index in [4.69, 9.17) is 9.84 Å². The van der Waals surface area contributed by atoms with E-state index in [9.17, 15) is 0 Å². The van der Waals surface area contributed by atoms with Gasteiger partial charge in [0.15, 0.2) is 0 Å². The second kappa shape index (κ2) is 5.94. The topological polar surface area (TPSA) is 29.5 Å². The van der Waals surface area contributed by atoms with Gasteiger partial charge in [0, 0.05) is 10.6 Å². The summed E-state index contributed by atoms with van der Waals surface area (Å²) >= 11 is 1.64. The summed E-state index contributed by atoms with van der Waals surface area (Å²) in [6.07, 6.45) is 0.214. The van der Waals surface area contributed by atoms with Crippen LogP contribution in [0.25, 0.3) is 0 Å². The molecule has 1 N–H and O–H groups in total. The molecule has 2 nitrogen and oxygen atoms in total. The van der Waals surface area contributed by atoms with Gasteiger partial charge in [0.1, 0.15) is 5.75 Å². The molecule has 0 saturated heterocycles. The molecule has 0 unspecified atom stereocenters. The number of ether oxygens (including phenoxy) is 1. The lowest BCUT2D eigenvalue weighted by Crippen LogP contribution is -2.05. The van der Waals surface area contributed by atoms with Gasteiger partial charge in [-0.3, -0.25) is 0 Å². The second-order valence-electron chi connectivity index (χ2n) is 3.21. The highest BCUT2D eigenvalue weighted by atomic mass is 32.2. The Morgan fingerprint density at radius 2 is 1.93 bits per heavy atom. The van der Waals surface area contributed by atoms with E-state index >= 15 is 0 Å². The predicted octanol–water partition coefficient (Wildman–Crippen LogP) is 2.56. The number of aliphatic hydroxyl groups excluding tert-OH is 1. The SMILES string of the molecule is CC(C)Oc1ccc(SCCO)cc1. The quantitative estimate of drug-likeness (QED) is 0.761. The van der Waals surface area contributed by atoms with E-state index in [2.05, 4.69) is 0 Å². The molecule has 0 amide bonds. The summed E-state index contributed by atoms with van der Waals surface area (Å²) in [6.45, 7) is 4.23. The highest BCUT2D eigenvalue weighted by Gasteiger charge is 1.97. The van der Waals surface area contributed by atoms with E-state index in [1.807, 2.05) is 38.1 Å². The fourth-order valence-corrected chi connectivity index (χ4v) is 1.71. The summed E-state index contributed by atoms with van der Waals surface area (Å²) in [5.41, 5.74) is 0. The first kappa shape index (κ1) is 11.4. The Labute approximate surface area is 89.3 Å². The Morgan fingerprint density at radius 1 is 1.29 bits per heavy atom. The minimum atomic E-state index is 0.214. The lowest BCUT2D eigenvalue weighted by atomic mass is 10.3. The van der Waals surface area contributed by atoms with Crippen LogP contribution in [0.3, 0.4) is 0 Å². The van der Waals surface area contributed by atoms with Crippen molar-refractivity contribution in [1.82, 2.24) is 0 Å². The zero-order valence-electron chi connectivity index (χ0n) is 8.56. The number of thioether (sulfide) groups is 1. The molecule has 0 fully saturated rings. The third kappa shape index (κ3) is 4.03. The molecule has 78 valence electrons. The lowest BCUT2D eigenvalue weighted by Gasteiger charge is -2.09. The first-order chi connectivity index (χ1) is 6.72. The van der Waals surface area contributed by atoms with Gasteiger partial charge in [-0.15, -0.1) is 11.8 Å². The molecule has 0 aliphatic rings. The van der Waals surface area contributed by atoms with Crippen LogP contribution in [0, 0.1) is 0 Å². The molecule has 0 radical (unpaired) electrons. The Kier molecular flexibility index (Phi) is 4.84. The van der Waals surface area contributed by atoms with Crippen molar-refractivity contribution in [2.24, 2.45) is 0 Å². The van der Waals surface area contributed by atoms with Crippen molar-refractivity contribution in [3.8, 4) is 5.75 Å². The van der Waals surface area contributed by atoms with Crippen LogP contribution in [0.15, 0.2) is 29.2 Å². The summed E-state index contributed by atoms with van der Waals surface area (Å²) in [5, 5.41) is 8.66. The molecule has 0 aliphatic heterocycles. The number of aliphatic hydroxyl groups is 1. The normalized spacial score (nSPS) is 10.6. The van der Waals surface area contributed by atoms with Crippen LogP contribution in [0.4, 0.5) is 0 Å². The number of benzene rings is 1. The molecule has 0 heterocycles. The first-order valence-electron chi connectivity index (χ1n) is 4.72. The molecule has 1 rings (SSSR count).